The maximum absolute atomic E-state index is 4.65. The highest BCUT2D eigenvalue weighted by atomic mass is 14.7. The smallest absolute Gasteiger partial charge is 0.0751 e. The second-order valence-electron chi connectivity index (χ2n) is 6.80. The minimum atomic E-state index is -0.299. The maximum Gasteiger partial charge on any atom is 0.0751 e. The zero-order valence-corrected chi connectivity index (χ0v) is 13.5. The van der Waals surface area contributed by atoms with Gasteiger partial charge in [-0.1, -0.05) is 42.5 Å². The van der Waals surface area contributed by atoms with Crippen LogP contribution < -0.4 is 0 Å². The van der Waals surface area contributed by atoms with Crippen molar-refractivity contribution < 1.29 is 0 Å². The van der Waals surface area contributed by atoms with Gasteiger partial charge in [0.1, 0.15) is 0 Å². The van der Waals surface area contributed by atoms with Gasteiger partial charge in [0.2, 0.25) is 0 Å². The lowest BCUT2D eigenvalue weighted by Gasteiger charge is -2.35. The van der Waals surface area contributed by atoms with Gasteiger partial charge < -0.3 is 0 Å². The molecule has 1 unspecified atom stereocenters. The van der Waals surface area contributed by atoms with Gasteiger partial charge in [-0.15, -0.1) is 0 Å². The van der Waals surface area contributed by atoms with Gasteiger partial charge in [0.15, 0.2) is 0 Å². The Morgan fingerprint density at radius 3 is 2.68 bits per heavy atom. The van der Waals surface area contributed by atoms with E-state index in [0.29, 0.717) is 0 Å². The topological polar surface area (TPSA) is 25.2 Å². The molecule has 2 nitrogen and oxygen atoms in total. The van der Waals surface area contributed by atoms with E-state index in [4.69, 9.17) is 0 Å². The summed E-state index contributed by atoms with van der Waals surface area (Å²) in [5.74, 6) is 0. The van der Waals surface area contributed by atoms with Crippen LogP contribution >= 0.6 is 0 Å². The SMILES string of the molecule is C1=CC2(C=NC=C3C2=Cc2cnccc23)C2=Cc3ccccc3C2=C1. The van der Waals surface area contributed by atoms with E-state index < -0.39 is 0 Å². The van der Waals surface area contributed by atoms with E-state index >= 15 is 0 Å². The van der Waals surface area contributed by atoms with Crippen molar-refractivity contribution in [2.75, 3.05) is 0 Å². The Hall–Kier alpha value is -3.26. The summed E-state index contributed by atoms with van der Waals surface area (Å²) in [5, 5.41) is 0. The van der Waals surface area contributed by atoms with E-state index in [2.05, 4.69) is 76.9 Å². The summed E-state index contributed by atoms with van der Waals surface area (Å²) in [6.45, 7) is 0. The molecule has 1 aromatic heterocycles. The molecule has 1 aliphatic heterocycles. The maximum atomic E-state index is 4.65. The first-order valence-corrected chi connectivity index (χ1v) is 8.50. The number of fused-ring (bicyclic) bond motifs is 8. The highest BCUT2D eigenvalue weighted by Gasteiger charge is 2.44. The van der Waals surface area contributed by atoms with Crippen LogP contribution in [0.2, 0.25) is 0 Å². The molecule has 2 heterocycles. The van der Waals surface area contributed by atoms with Crippen LogP contribution in [0.15, 0.2) is 83.3 Å². The Morgan fingerprint density at radius 2 is 1.68 bits per heavy atom. The van der Waals surface area contributed by atoms with Crippen molar-refractivity contribution in [3.8, 4) is 0 Å². The number of aromatic nitrogens is 1. The van der Waals surface area contributed by atoms with E-state index in [-0.39, 0.29) is 5.41 Å². The van der Waals surface area contributed by atoms with Crippen LogP contribution in [0.25, 0.3) is 23.3 Å². The summed E-state index contributed by atoms with van der Waals surface area (Å²) in [4.78, 5) is 8.94. The number of rotatable bonds is 0. The predicted octanol–water partition coefficient (Wildman–Crippen LogP) is 4.94. The molecule has 0 N–H and O–H groups in total. The highest BCUT2D eigenvalue weighted by molar-refractivity contribution is 6.10. The van der Waals surface area contributed by atoms with Gasteiger partial charge in [-0.25, -0.2) is 0 Å². The normalized spacial score (nSPS) is 24.0. The van der Waals surface area contributed by atoms with Crippen molar-refractivity contribution in [2.45, 2.75) is 0 Å². The number of allylic oxidation sites excluding steroid dienone is 7. The molecule has 1 atom stereocenters. The van der Waals surface area contributed by atoms with Crippen LogP contribution in [0.4, 0.5) is 0 Å². The molecule has 116 valence electrons. The Morgan fingerprint density at radius 1 is 0.840 bits per heavy atom. The quantitative estimate of drug-likeness (QED) is 0.675. The largest absolute Gasteiger partial charge is 0.267 e. The fourth-order valence-electron chi connectivity index (χ4n) is 4.43. The van der Waals surface area contributed by atoms with Gasteiger partial charge in [-0.3, -0.25) is 9.98 Å². The van der Waals surface area contributed by atoms with Crippen LogP contribution in [0, 0.1) is 5.41 Å². The van der Waals surface area contributed by atoms with Gasteiger partial charge in [-0.05, 0) is 51.6 Å². The lowest BCUT2D eigenvalue weighted by Crippen LogP contribution is -2.28. The summed E-state index contributed by atoms with van der Waals surface area (Å²) in [5.41, 5.74) is 9.83. The average Bonchev–Trinajstić information content (AvgIpc) is 3.23. The fourth-order valence-corrected chi connectivity index (χ4v) is 4.43. The molecular weight excluding hydrogens is 304 g/mol. The minimum Gasteiger partial charge on any atom is -0.267 e. The Balaban J connectivity index is 1.60. The zero-order valence-electron chi connectivity index (χ0n) is 13.5. The molecule has 25 heavy (non-hydrogen) atoms. The molecule has 2 aromatic rings. The molecule has 0 fully saturated rings. The molecule has 0 amide bonds. The third kappa shape index (κ3) is 1.54. The molecule has 0 saturated heterocycles. The lowest BCUT2D eigenvalue weighted by molar-refractivity contribution is 0.826. The predicted molar refractivity (Wildman–Crippen MR) is 103 cm³/mol. The highest BCUT2D eigenvalue weighted by Crippen LogP contribution is 2.56. The second-order valence-corrected chi connectivity index (χ2v) is 6.80. The molecule has 0 bridgehead atoms. The standard InChI is InChI=1S/C23H14N2/c1-2-5-17-15(4-1)10-21-19(17)6-3-8-23(21)14-25-13-20-18-7-9-24-12-16(18)11-22(20)23/h1-14H. The number of benzene rings is 1. The molecule has 6 rings (SSSR count). The first-order chi connectivity index (χ1) is 12.4. The summed E-state index contributed by atoms with van der Waals surface area (Å²) in [6, 6.07) is 10.7. The van der Waals surface area contributed by atoms with Crippen molar-refractivity contribution >= 4 is 29.5 Å². The van der Waals surface area contributed by atoms with E-state index in [9.17, 15) is 0 Å². The first kappa shape index (κ1) is 13.1. The van der Waals surface area contributed by atoms with Crippen LogP contribution in [-0.2, 0) is 0 Å². The Kier molecular flexibility index (Phi) is 2.31. The number of nitrogens with zero attached hydrogens (tertiary/aromatic N) is 2. The first-order valence-electron chi connectivity index (χ1n) is 8.50. The Labute approximate surface area is 146 Å². The van der Waals surface area contributed by atoms with Crippen molar-refractivity contribution in [3.05, 3.63) is 101 Å². The molecular formula is C23H14N2. The number of aliphatic imine (C=N–C) groups is 1. The zero-order chi connectivity index (χ0) is 16.4. The van der Waals surface area contributed by atoms with Crippen molar-refractivity contribution in [1.29, 1.82) is 0 Å². The fraction of sp³-hybridized carbons (Fsp3) is 0.0435. The summed E-state index contributed by atoms with van der Waals surface area (Å²) in [6.07, 6.45) is 19.1. The summed E-state index contributed by atoms with van der Waals surface area (Å²) >= 11 is 0. The number of hydrogen-bond donors (Lipinski definition) is 0. The van der Waals surface area contributed by atoms with Gasteiger partial charge in [0.25, 0.3) is 0 Å². The third-order valence-corrected chi connectivity index (χ3v) is 5.57. The summed E-state index contributed by atoms with van der Waals surface area (Å²) < 4.78 is 0. The molecule has 1 aromatic carbocycles. The monoisotopic (exact) mass is 318 g/mol. The van der Waals surface area contributed by atoms with Gasteiger partial charge >= 0.3 is 0 Å². The van der Waals surface area contributed by atoms with Crippen LogP contribution in [-0.4, -0.2) is 11.2 Å². The van der Waals surface area contributed by atoms with E-state index in [1.54, 1.807) is 0 Å². The second kappa shape index (κ2) is 4.42. The average molecular weight is 318 g/mol. The van der Waals surface area contributed by atoms with E-state index in [1.807, 2.05) is 18.6 Å². The molecule has 4 aliphatic rings. The van der Waals surface area contributed by atoms with Crippen LogP contribution in [0.3, 0.4) is 0 Å². The summed E-state index contributed by atoms with van der Waals surface area (Å²) in [7, 11) is 0. The van der Waals surface area contributed by atoms with Crippen LogP contribution in [0.5, 0.6) is 0 Å². The molecule has 0 radical (unpaired) electrons. The number of hydrogen-bond acceptors (Lipinski definition) is 2. The van der Waals surface area contributed by atoms with Gasteiger partial charge in [-0.2, -0.15) is 0 Å². The molecule has 2 heteroatoms. The van der Waals surface area contributed by atoms with E-state index in [1.165, 1.54) is 44.5 Å². The van der Waals surface area contributed by atoms with Gasteiger partial charge in [0.05, 0.1) is 5.41 Å². The number of pyridine rings is 1. The Bertz CT molecular complexity index is 1040. The lowest BCUT2D eigenvalue weighted by atomic mass is 9.67. The molecule has 3 aliphatic carbocycles. The molecule has 1 spiro atoms. The van der Waals surface area contributed by atoms with E-state index in [0.717, 1.165) is 0 Å². The van der Waals surface area contributed by atoms with Gasteiger partial charge in [0, 0.05) is 35.9 Å². The van der Waals surface area contributed by atoms with Crippen molar-refractivity contribution in [3.63, 3.8) is 0 Å². The van der Waals surface area contributed by atoms with Crippen molar-refractivity contribution in [2.24, 2.45) is 10.4 Å². The minimum absolute atomic E-state index is 0.299. The third-order valence-electron chi connectivity index (χ3n) is 5.57. The van der Waals surface area contributed by atoms with Crippen LogP contribution in [0.1, 0.15) is 22.3 Å². The van der Waals surface area contributed by atoms with Crippen molar-refractivity contribution in [1.82, 2.24) is 4.98 Å². The molecule has 0 saturated carbocycles.